The van der Waals surface area contributed by atoms with Crippen LogP contribution in [0.15, 0.2) is 54.6 Å². The summed E-state index contributed by atoms with van der Waals surface area (Å²) in [5.41, 5.74) is 3.84. The van der Waals surface area contributed by atoms with E-state index in [0.717, 1.165) is 18.5 Å². The molecule has 5 nitrogen and oxygen atoms in total. The van der Waals surface area contributed by atoms with Crippen molar-refractivity contribution in [2.45, 2.75) is 25.4 Å². The third-order valence-corrected chi connectivity index (χ3v) is 4.99. The maximum absolute atomic E-state index is 13.2. The Kier molecular flexibility index (Phi) is 9.07. The van der Waals surface area contributed by atoms with Crippen molar-refractivity contribution < 1.29 is 19.1 Å². The number of carbonyl (C=O) groups excluding carboxylic acids is 1. The van der Waals surface area contributed by atoms with Crippen molar-refractivity contribution >= 4 is 5.91 Å². The number of benzene rings is 2. The van der Waals surface area contributed by atoms with Gasteiger partial charge in [0.05, 0.1) is 6.10 Å². The van der Waals surface area contributed by atoms with Crippen LogP contribution in [0.4, 0.5) is 4.39 Å². The van der Waals surface area contributed by atoms with Crippen LogP contribution in [0.1, 0.15) is 30.1 Å². The largest absolute Gasteiger partial charge is 0.377 e. The minimum absolute atomic E-state index is 0.316. The first kappa shape index (κ1) is 22.0. The van der Waals surface area contributed by atoms with Gasteiger partial charge in [0.15, 0.2) is 0 Å². The predicted molar refractivity (Wildman–Crippen MR) is 106 cm³/mol. The van der Waals surface area contributed by atoms with Crippen molar-refractivity contribution in [1.82, 2.24) is 10.4 Å². The van der Waals surface area contributed by atoms with E-state index in [0.29, 0.717) is 19.4 Å². The van der Waals surface area contributed by atoms with Crippen LogP contribution < -0.4 is 5.48 Å². The first-order valence-electron chi connectivity index (χ1n) is 9.48. The van der Waals surface area contributed by atoms with Crippen molar-refractivity contribution in [3.8, 4) is 0 Å². The van der Waals surface area contributed by atoms with Gasteiger partial charge >= 0.3 is 0 Å². The molecule has 0 aliphatic heterocycles. The van der Waals surface area contributed by atoms with Gasteiger partial charge in [-0.3, -0.25) is 10.0 Å². The Morgan fingerprint density at radius 1 is 1.14 bits per heavy atom. The van der Waals surface area contributed by atoms with E-state index in [2.05, 4.69) is 17.0 Å². The van der Waals surface area contributed by atoms with Crippen LogP contribution >= 0.6 is 0 Å². The summed E-state index contributed by atoms with van der Waals surface area (Å²) in [4.78, 5) is 14.3. The number of nitrogens with zero attached hydrogens (tertiary/aromatic N) is 1. The molecule has 2 N–H and O–H groups in total. The summed E-state index contributed by atoms with van der Waals surface area (Å²) in [6.45, 7) is 1.59. The third-order valence-electron chi connectivity index (χ3n) is 4.99. The molecule has 0 aliphatic carbocycles. The number of hydrogen-bond acceptors (Lipinski definition) is 4. The lowest BCUT2D eigenvalue weighted by Crippen LogP contribution is -2.33. The highest BCUT2D eigenvalue weighted by Crippen LogP contribution is 2.27. The molecule has 152 valence electrons. The average Bonchev–Trinajstić information content (AvgIpc) is 2.73. The van der Waals surface area contributed by atoms with Crippen molar-refractivity contribution in [1.29, 1.82) is 0 Å². The molecular weight excluding hydrogens is 359 g/mol. The Morgan fingerprint density at radius 2 is 1.82 bits per heavy atom. The highest BCUT2D eigenvalue weighted by molar-refractivity contribution is 5.77. The number of hydrogen-bond donors (Lipinski definition) is 2. The van der Waals surface area contributed by atoms with Gasteiger partial charge in [-0.25, -0.2) is 9.87 Å². The van der Waals surface area contributed by atoms with Crippen molar-refractivity contribution in [3.63, 3.8) is 0 Å². The smallest absolute Gasteiger partial charge is 0.246 e. The summed E-state index contributed by atoms with van der Waals surface area (Å²) in [5.74, 6) is -1.16. The SMILES string of the molecule is CO[C@H](C[C@H](CCN(C)CCc1ccccc1)C(=O)NO)c1ccc(F)cc1. The molecule has 0 radical (unpaired) electrons. The standard InChI is InChI=1S/C22H29FN2O3/c1-25(14-12-17-6-4-3-5-7-17)15-13-19(22(26)24-27)16-21(28-2)18-8-10-20(23)11-9-18/h3-11,19,21,27H,12-16H2,1-2H3,(H,24,26)/t19-,21+/m0/s1. The Morgan fingerprint density at radius 3 is 2.43 bits per heavy atom. The summed E-state index contributed by atoms with van der Waals surface area (Å²) >= 11 is 0. The zero-order chi connectivity index (χ0) is 20.4. The fourth-order valence-electron chi connectivity index (χ4n) is 3.20. The molecule has 28 heavy (non-hydrogen) atoms. The van der Waals surface area contributed by atoms with Gasteiger partial charge in [0, 0.05) is 19.6 Å². The maximum Gasteiger partial charge on any atom is 0.246 e. The number of rotatable bonds is 11. The summed E-state index contributed by atoms with van der Waals surface area (Å²) in [5, 5.41) is 9.11. The van der Waals surface area contributed by atoms with Crippen LogP contribution in [0.3, 0.4) is 0 Å². The average molecular weight is 388 g/mol. The van der Waals surface area contributed by atoms with Crippen molar-refractivity contribution in [3.05, 3.63) is 71.5 Å². The highest BCUT2D eigenvalue weighted by Gasteiger charge is 2.24. The molecular formula is C22H29FN2O3. The minimum atomic E-state index is -0.430. The molecule has 0 heterocycles. The van der Waals surface area contributed by atoms with Gasteiger partial charge in [-0.05, 0) is 56.1 Å². The Hall–Kier alpha value is -2.28. The molecule has 2 rings (SSSR count). The van der Waals surface area contributed by atoms with Crippen LogP contribution in [0.25, 0.3) is 0 Å². The molecule has 2 atom stereocenters. The number of ether oxygens (including phenoxy) is 1. The van der Waals surface area contributed by atoms with E-state index >= 15 is 0 Å². The Balaban J connectivity index is 1.91. The highest BCUT2D eigenvalue weighted by atomic mass is 19.1. The zero-order valence-electron chi connectivity index (χ0n) is 16.5. The maximum atomic E-state index is 13.2. The van der Waals surface area contributed by atoms with E-state index < -0.39 is 11.8 Å². The number of nitrogens with one attached hydrogen (secondary N) is 1. The first-order valence-corrected chi connectivity index (χ1v) is 9.48. The molecule has 0 unspecified atom stereocenters. The van der Waals surface area contributed by atoms with E-state index in [4.69, 9.17) is 9.94 Å². The number of halogens is 1. The number of hydroxylamine groups is 1. The molecule has 0 aromatic heterocycles. The third kappa shape index (κ3) is 7.03. The predicted octanol–water partition coefficient (Wildman–Crippen LogP) is 3.59. The topological polar surface area (TPSA) is 61.8 Å². The number of carbonyl (C=O) groups is 1. The van der Waals surface area contributed by atoms with Crippen LogP contribution in [0.2, 0.25) is 0 Å². The van der Waals surface area contributed by atoms with Gasteiger partial charge in [0.1, 0.15) is 5.82 Å². The second-order valence-electron chi connectivity index (χ2n) is 7.01. The van der Waals surface area contributed by atoms with Gasteiger partial charge < -0.3 is 9.64 Å². The fraction of sp³-hybridized carbons (Fsp3) is 0.409. The van der Waals surface area contributed by atoms with Gasteiger partial charge in [0.25, 0.3) is 0 Å². The normalized spacial score (nSPS) is 13.3. The van der Waals surface area contributed by atoms with Crippen LogP contribution in [-0.2, 0) is 16.0 Å². The first-order chi connectivity index (χ1) is 13.5. The molecule has 0 aliphatic rings. The fourth-order valence-corrected chi connectivity index (χ4v) is 3.20. The molecule has 0 saturated carbocycles. The van der Waals surface area contributed by atoms with Gasteiger partial charge in [0.2, 0.25) is 5.91 Å². The van der Waals surface area contributed by atoms with E-state index in [9.17, 15) is 9.18 Å². The minimum Gasteiger partial charge on any atom is -0.377 e. The van der Waals surface area contributed by atoms with Crippen LogP contribution in [0.5, 0.6) is 0 Å². The molecule has 0 fully saturated rings. The Bertz CT molecular complexity index is 709. The van der Waals surface area contributed by atoms with E-state index in [-0.39, 0.29) is 11.9 Å². The number of methoxy groups -OCH3 is 1. The molecule has 0 spiro atoms. The quantitative estimate of drug-likeness (QED) is 0.456. The molecule has 0 saturated heterocycles. The van der Waals surface area contributed by atoms with E-state index in [1.807, 2.05) is 25.2 Å². The molecule has 0 bridgehead atoms. The van der Waals surface area contributed by atoms with Gasteiger partial charge in [-0.2, -0.15) is 0 Å². The number of amides is 1. The zero-order valence-corrected chi connectivity index (χ0v) is 16.5. The lowest BCUT2D eigenvalue weighted by atomic mass is 9.93. The van der Waals surface area contributed by atoms with Crippen molar-refractivity contribution in [2.24, 2.45) is 5.92 Å². The number of likely N-dealkylation sites (N-methyl/N-ethyl adjacent to an activating group) is 1. The second-order valence-corrected chi connectivity index (χ2v) is 7.01. The molecule has 2 aromatic carbocycles. The van der Waals surface area contributed by atoms with Gasteiger partial charge in [-0.15, -0.1) is 0 Å². The van der Waals surface area contributed by atoms with Crippen molar-refractivity contribution in [2.75, 3.05) is 27.2 Å². The lowest BCUT2D eigenvalue weighted by molar-refractivity contribution is -0.135. The van der Waals surface area contributed by atoms with Crippen LogP contribution in [-0.4, -0.2) is 43.3 Å². The van der Waals surface area contributed by atoms with Gasteiger partial charge in [-0.1, -0.05) is 42.5 Å². The monoisotopic (exact) mass is 388 g/mol. The molecule has 1 amide bonds. The van der Waals surface area contributed by atoms with Crippen LogP contribution in [0, 0.1) is 11.7 Å². The van der Waals surface area contributed by atoms with E-state index in [1.54, 1.807) is 24.7 Å². The second kappa shape index (κ2) is 11.5. The summed E-state index contributed by atoms with van der Waals surface area (Å²) in [7, 11) is 3.58. The Labute approximate surface area is 166 Å². The summed E-state index contributed by atoms with van der Waals surface area (Å²) < 4.78 is 18.7. The lowest BCUT2D eigenvalue weighted by Gasteiger charge is -2.24. The summed E-state index contributed by atoms with van der Waals surface area (Å²) in [6, 6.07) is 16.3. The summed E-state index contributed by atoms with van der Waals surface area (Å²) in [6.07, 6.45) is 1.57. The van der Waals surface area contributed by atoms with E-state index in [1.165, 1.54) is 17.7 Å². The molecule has 2 aromatic rings. The molecule has 6 heteroatoms.